The summed E-state index contributed by atoms with van der Waals surface area (Å²) in [5, 5.41) is 12.7. The summed E-state index contributed by atoms with van der Waals surface area (Å²) >= 11 is 0. The van der Waals surface area contributed by atoms with Gasteiger partial charge in [0.1, 0.15) is 6.07 Å². The van der Waals surface area contributed by atoms with Crippen LogP contribution >= 0.6 is 0 Å². The molecule has 0 saturated carbocycles. The van der Waals surface area contributed by atoms with Crippen molar-refractivity contribution in [2.45, 2.75) is 25.8 Å². The van der Waals surface area contributed by atoms with E-state index in [4.69, 9.17) is 5.73 Å². The topological polar surface area (TPSA) is 61.8 Å². The van der Waals surface area contributed by atoms with Gasteiger partial charge in [0, 0.05) is 5.69 Å². The highest BCUT2D eigenvalue weighted by Gasteiger charge is 2.22. The van der Waals surface area contributed by atoms with Crippen LogP contribution < -0.4 is 11.1 Å². The van der Waals surface area contributed by atoms with Gasteiger partial charge in [0.25, 0.3) is 0 Å². The van der Waals surface area contributed by atoms with Crippen LogP contribution in [0.2, 0.25) is 0 Å². The lowest BCUT2D eigenvalue weighted by atomic mass is 10.1. The van der Waals surface area contributed by atoms with E-state index < -0.39 is 0 Å². The highest BCUT2D eigenvalue weighted by atomic mass is 14.9. The number of nitrogens with zero attached hydrogens (tertiary/aromatic N) is 1. The Morgan fingerprint density at radius 3 is 2.90 bits per heavy atom. The fraction of sp³-hybridized carbons (Fsp3) is 0.235. The third-order valence-corrected chi connectivity index (χ3v) is 3.87. The molecule has 0 aliphatic heterocycles. The van der Waals surface area contributed by atoms with Gasteiger partial charge in [0.2, 0.25) is 0 Å². The number of rotatable bonds is 2. The average molecular weight is 263 g/mol. The van der Waals surface area contributed by atoms with Crippen LogP contribution in [0.1, 0.15) is 34.7 Å². The summed E-state index contributed by atoms with van der Waals surface area (Å²) < 4.78 is 0. The van der Waals surface area contributed by atoms with Crippen LogP contribution in [0.15, 0.2) is 36.4 Å². The SMILES string of the molecule is Cc1ccc(NC2CCc3cc(N)ccc32)c(C#N)c1. The van der Waals surface area contributed by atoms with E-state index in [1.54, 1.807) is 0 Å². The fourth-order valence-corrected chi connectivity index (χ4v) is 2.85. The zero-order chi connectivity index (χ0) is 14.1. The van der Waals surface area contributed by atoms with Crippen molar-refractivity contribution in [1.29, 1.82) is 5.26 Å². The summed E-state index contributed by atoms with van der Waals surface area (Å²) in [6.07, 6.45) is 2.07. The van der Waals surface area contributed by atoms with E-state index in [1.807, 2.05) is 31.2 Å². The van der Waals surface area contributed by atoms with Crippen LogP contribution in [-0.4, -0.2) is 0 Å². The summed E-state index contributed by atoms with van der Waals surface area (Å²) in [6, 6.07) is 14.6. The Hall–Kier alpha value is -2.47. The van der Waals surface area contributed by atoms with Gasteiger partial charge in [-0.2, -0.15) is 5.26 Å². The minimum absolute atomic E-state index is 0.264. The first kappa shape index (κ1) is 12.6. The molecule has 0 saturated heterocycles. The molecule has 3 nitrogen and oxygen atoms in total. The minimum atomic E-state index is 0.264. The zero-order valence-corrected chi connectivity index (χ0v) is 11.5. The molecule has 1 aliphatic rings. The van der Waals surface area contributed by atoms with Crippen LogP contribution in [0.4, 0.5) is 11.4 Å². The standard InChI is InChI=1S/C17H17N3/c1-11-2-6-16(13(8-11)10-18)20-17-7-3-12-9-14(19)4-5-15(12)17/h2,4-6,8-9,17,20H,3,7,19H2,1H3. The number of benzene rings is 2. The molecule has 0 fully saturated rings. The Kier molecular flexibility index (Phi) is 3.08. The first-order valence-electron chi connectivity index (χ1n) is 6.83. The molecule has 3 N–H and O–H groups in total. The van der Waals surface area contributed by atoms with Crippen LogP contribution in [0.3, 0.4) is 0 Å². The largest absolute Gasteiger partial charge is 0.399 e. The molecule has 0 aromatic heterocycles. The lowest BCUT2D eigenvalue weighted by Crippen LogP contribution is -2.08. The maximum absolute atomic E-state index is 9.24. The van der Waals surface area contributed by atoms with E-state index in [2.05, 4.69) is 23.5 Å². The van der Waals surface area contributed by atoms with Crippen LogP contribution in [0.25, 0.3) is 0 Å². The van der Waals surface area contributed by atoms with Gasteiger partial charge in [-0.1, -0.05) is 12.1 Å². The molecule has 3 rings (SSSR count). The zero-order valence-electron chi connectivity index (χ0n) is 11.5. The molecule has 0 spiro atoms. The third-order valence-electron chi connectivity index (χ3n) is 3.87. The number of hydrogen-bond donors (Lipinski definition) is 2. The Bertz CT molecular complexity index is 698. The molecule has 3 heteroatoms. The highest BCUT2D eigenvalue weighted by Crippen LogP contribution is 2.35. The van der Waals surface area contributed by atoms with Crippen molar-refractivity contribution in [1.82, 2.24) is 0 Å². The van der Waals surface area contributed by atoms with Crippen molar-refractivity contribution in [2.24, 2.45) is 0 Å². The number of hydrogen-bond acceptors (Lipinski definition) is 3. The van der Waals surface area contributed by atoms with E-state index in [9.17, 15) is 5.26 Å². The van der Waals surface area contributed by atoms with Gasteiger partial charge in [-0.05, 0) is 60.7 Å². The summed E-state index contributed by atoms with van der Waals surface area (Å²) in [6.45, 7) is 2.00. The molecule has 0 bridgehead atoms. The molecule has 0 heterocycles. The Morgan fingerprint density at radius 2 is 2.10 bits per heavy atom. The van der Waals surface area contributed by atoms with E-state index >= 15 is 0 Å². The van der Waals surface area contributed by atoms with Crippen molar-refractivity contribution < 1.29 is 0 Å². The maximum Gasteiger partial charge on any atom is 0.101 e. The Labute approximate surface area is 119 Å². The maximum atomic E-state index is 9.24. The van der Waals surface area contributed by atoms with Gasteiger partial charge in [-0.15, -0.1) is 0 Å². The van der Waals surface area contributed by atoms with Crippen molar-refractivity contribution in [3.8, 4) is 6.07 Å². The molecule has 0 radical (unpaired) electrons. The Balaban J connectivity index is 1.90. The molecule has 0 amide bonds. The molecule has 100 valence electrons. The fourth-order valence-electron chi connectivity index (χ4n) is 2.85. The lowest BCUT2D eigenvalue weighted by molar-refractivity contribution is 0.761. The van der Waals surface area contributed by atoms with E-state index in [1.165, 1.54) is 11.1 Å². The number of nitrogens with two attached hydrogens (primary N) is 1. The molecule has 2 aromatic carbocycles. The van der Waals surface area contributed by atoms with E-state index in [-0.39, 0.29) is 6.04 Å². The number of nitrogen functional groups attached to an aromatic ring is 1. The van der Waals surface area contributed by atoms with Gasteiger partial charge >= 0.3 is 0 Å². The molecule has 20 heavy (non-hydrogen) atoms. The number of nitrogens with one attached hydrogen (secondary N) is 1. The molecular weight excluding hydrogens is 246 g/mol. The first-order chi connectivity index (χ1) is 9.67. The lowest BCUT2D eigenvalue weighted by Gasteiger charge is -2.17. The van der Waals surface area contributed by atoms with Crippen LogP contribution in [-0.2, 0) is 6.42 Å². The second-order valence-electron chi connectivity index (χ2n) is 5.35. The van der Waals surface area contributed by atoms with Gasteiger partial charge < -0.3 is 11.1 Å². The van der Waals surface area contributed by atoms with E-state index in [0.717, 1.165) is 29.8 Å². The smallest absolute Gasteiger partial charge is 0.101 e. The predicted octanol–water partition coefficient (Wildman–Crippen LogP) is 3.55. The van der Waals surface area contributed by atoms with Gasteiger partial charge in [0.05, 0.1) is 17.3 Å². The van der Waals surface area contributed by atoms with Gasteiger partial charge in [0.15, 0.2) is 0 Å². The predicted molar refractivity (Wildman–Crippen MR) is 81.4 cm³/mol. The average Bonchev–Trinajstić information content (AvgIpc) is 2.83. The summed E-state index contributed by atoms with van der Waals surface area (Å²) in [4.78, 5) is 0. The summed E-state index contributed by atoms with van der Waals surface area (Å²) in [5.74, 6) is 0. The van der Waals surface area contributed by atoms with Crippen LogP contribution in [0, 0.1) is 18.3 Å². The Morgan fingerprint density at radius 1 is 1.25 bits per heavy atom. The molecule has 1 unspecified atom stereocenters. The minimum Gasteiger partial charge on any atom is -0.399 e. The number of aryl methyl sites for hydroxylation is 2. The number of nitriles is 1. The third kappa shape index (κ3) is 2.21. The second-order valence-corrected chi connectivity index (χ2v) is 5.35. The molecule has 1 atom stereocenters. The van der Waals surface area contributed by atoms with Crippen molar-refractivity contribution in [2.75, 3.05) is 11.1 Å². The normalized spacial score (nSPS) is 16.5. The summed E-state index contributed by atoms with van der Waals surface area (Å²) in [7, 11) is 0. The molecule has 2 aromatic rings. The number of fused-ring (bicyclic) bond motifs is 1. The highest BCUT2D eigenvalue weighted by molar-refractivity contribution is 5.60. The van der Waals surface area contributed by atoms with Crippen molar-refractivity contribution in [3.63, 3.8) is 0 Å². The molecule has 1 aliphatic carbocycles. The second kappa shape index (κ2) is 4.90. The van der Waals surface area contributed by atoms with Crippen molar-refractivity contribution in [3.05, 3.63) is 58.7 Å². The first-order valence-corrected chi connectivity index (χ1v) is 6.83. The monoisotopic (exact) mass is 263 g/mol. The van der Waals surface area contributed by atoms with Crippen molar-refractivity contribution >= 4 is 11.4 Å². The van der Waals surface area contributed by atoms with E-state index in [0.29, 0.717) is 5.56 Å². The van der Waals surface area contributed by atoms with Gasteiger partial charge in [-0.25, -0.2) is 0 Å². The van der Waals surface area contributed by atoms with Gasteiger partial charge in [-0.3, -0.25) is 0 Å². The van der Waals surface area contributed by atoms with Crippen LogP contribution in [0.5, 0.6) is 0 Å². The molecular formula is C17H17N3. The summed E-state index contributed by atoms with van der Waals surface area (Å²) in [5.41, 5.74) is 12.0. The number of anilines is 2. The quantitative estimate of drug-likeness (QED) is 0.814.